The van der Waals surface area contributed by atoms with E-state index in [4.69, 9.17) is 10.5 Å². The van der Waals surface area contributed by atoms with Crippen molar-refractivity contribution in [3.8, 4) is 0 Å². The molecule has 0 saturated carbocycles. The molecule has 0 aromatic heterocycles. The van der Waals surface area contributed by atoms with Crippen molar-refractivity contribution in [2.45, 2.75) is 39.5 Å². The second kappa shape index (κ2) is 6.56. The Labute approximate surface area is 127 Å². The first-order valence-electron chi connectivity index (χ1n) is 6.75. The molecule has 1 aromatic rings. The number of rotatable bonds is 4. The number of methoxy groups -OCH3 is 1. The average molecular weight is 318 g/mol. The van der Waals surface area contributed by atoms with Crippen LogP contribution in [0.15, 0.2) is 18.2 Å². The predicted molar refractivity (Wildman–Crippen MR) is 78.2 cm³/mol. The maximum absolute atomic E-state index is 12.7. The molecule has 124 valence electrons. The molecule has 0 radical (unpaired) electrons. The molecule has 0 aliphatic heterocycles. The van der Waals surface area contributed by atoms with Crippen LogP contribution >= 0.6 is 0 Å². The monoisotopic (exact) mass is 318 g/mol. The number of anilines is 1. The summed E-state index contributed by atoms with van der Waals surface area (Å²) < 4.78 is 43.0. The normalized spacial score (nSPS) is 13.6. The number of halogens is 3. The molecule has 0 fully saturated rings. The van der Waals surface area contributed by atoms with Gasteiger partial charge in [-0.2, -0.15) is 13.2 Å². The highest BCUT2D eigenvalue weighted by Gasteiger charge is 2.34. The molecule has 7 heteroatoms. The van der Waals surface area contributed by atoms with Crippen LogP contribution in [0.25, 0.3) is 0 Å². The van der Waals surface area contributed by atoms with Crippen molar-refractivity contribution in [1.82, 2.24) is 0 Å². The van der Waals surface area contributed by atoms with Crippen molar-refractivity contribution in [1.29, 1.82) is 0 Å². The summed E-state index contributed by atoms with van der Waals surface area (Å²) in [4.78, 5) is 11.9. The van der Waals surface area contributed by atoms with Crippen molar-refractivity contribution in [3.05, 3.63) is 29.3 Å². The van der Waals surface area contributed by atoms with Gasteiger partial charge in [0.15, 0.2) is 0 Å². The van der Waals surface area contributed by atoms with Gasteiger partial charge in [0, 0.05) is 12.2 Å². The molecule has 0 aliphatic rings. The molecule has 1 aromatic carbocycles. The van der Waals surface area contributed by atoms with E-state index in [1.54, 1.807) is 0 Å². The Hall–Kier alpha value is -1.76. The maximum Gasteiger partial charge on any atom is 0.416 e. The number of nitrogens with one attached hydrogen (secondary N) is 1. The third-order valence-corrected chi connectivity index (χ3v) is 3.26. The molecule has 3 N–H and O–H groups in total. The second-order valence-electron chi connectivity index (χ2n) is 6.04. The molecule has 0 bridgehead atoms. The first-order valence-corrected chi connectivity index (χ1v) is 6.75. The molecule has 22 heavy (non-hydrogen) atoms. The van der Waals surface area contributed by atoms with Crippen LogP contribution in [0, 0.1) is 5.41 Å². The van der Waals surface area contributed by atoms with Crippen LogP contribution in [-0.2, 0) is 22.3 Å². The van der Waals surface area contributed by atoms with Crippen LogP contribution in [0.5, 0.6) is 0 Å². The Bertz CT molecular complexity index is 537. The lowest BCUT2D eigenvalue weighted by Gasteiger charge is -2.30. The van der Waals surface area contributed by atoms with Crippen LogP contribution < -0.4 is 11.1 Å². The minimum atomic E-state index is -4.44. The SMILES string of the molecule is COC(=O)[C@H](Nc1ccc(C(F)(F)F)cc1CN)C(C)(C)C. The Morgan fingerprint density at radius 1 is 1.32 bits per heavy atom. The molecular formula is C15H21F3N2O2. The lowest BCUT2D eigenvalue weighted by Crippen LogP contribution is -2.42. The molecule has 0 amide bonds. The molecule has 0 heterocycles. The van der Waals surface area contributed by atoms with Crippen LogP contribution in [0.2, 0.25) is 0 Å². The van der Waals surface area contributed by atoms with E-state index < -0.39 is 29.2 Å². The van der Waals surface area contributed by atoms with Crippen LogP contribution in [0.3, 0.4) is 0 Å². The van der Waals surface area contributed by atoms with E-state index in [1.165, 1.54) is 13.2 Å². The lowest BCUT2D eigenvalue weighted by molar-refractivity contribution is -0.144. The molecule has 0 aliphatic carbocycles. The molecule has 1 atom stereocenters. The van der Waals surface area contributed by atoms with E-state index in [0.29, 0.717) is 5.69 Å². The van der Waals surface area contributed by atoms with Crippen molar-refractivity contribution in [2.24, 2.45) is 11.1 Å². The summed E-state index contributed by atoms with van der Waals surface area (Å²) in [6, 6.07) is 2.52. The van der Waals surface area contributed by atoms with Gasteiger partial charge in [0.25, 0.3) is 0 Å². The zero-order valence-corrected chi connectivity index (χ0v) is 13.0. The van der Waals surface area contributed by atoms with E-state index in [1.807, 2.05) is 20.8 Å². The fourth-order valence-electron chi connectivity index (χ4n) is 1.98. The van der Waals surface area contributed by atoms with Gasteiger partial charge in [-0.3, -0.25) is 0 Å². The average Bonchev–Trinajstić information content (AvgIpc) is 2.41. The minimum Gasteiger partial charge on any atom is -0.467 e. The summed E-state index contributed by atoms with van der Waals surface area (Å²) in [6.07, 6.45) is -4.44. The van der Waals surface area contributed by atoms with E-state index in [-0.39, 0.29) is 12.1 Å². The smallest absolute Gasteiger partial charge is 0.416 e. The van der Waals surface area contributed by atoms with Gasteiger partial charge in [0.05, 0.1) is 12.7 Å². The fourth-order valence-corrected chi connectivity index (χ4v) is 1.98. The summed E-state index contributed by atoms with van der Waals surface area (Å²) in [7, 11) is 1.26. The van der Waals surface area contributed by atoms with Crippen molar-refractivity contribution < 1.29 is 22.7 Å². The number of benzene rings is 1. The van der Waals surface area contributed by atoms with E-state index in [2.05, 4.69) is 5.32 Å². The first-order chi connectivity index (χ1) is 10.0. The van der Waals surface area contributed by atoms with Crippen molar-refractivity contribution >= 4 is 11.7 Å². The third-order valence-electron chi connectivity index (χ3n) is 3.26. The summed E-state index contributed by atoms with van der Waals surface area (Å²) in [6.45, 7) is 5.40. The number of ether oxygens (including phenoxy) is 1. The van der Waals surface area contributed by atoms with Crippen molar-refractivity contribution in [2.75, 3.05) is 12.4 Å². The quantitative estimate of drug-likeness (QED) is 0.837. The van der Waals surface area contributed by atoms with Gasteiger partial charge in [0.1, 0.15) is 6.04 Å². The fraction of sp³-hybridized carbons (Fsp3) is 0.533. The van der Waals surface area contributed by atoms with Gasteiger partial charge in [-0.25, -0.2) is 4.79 Å². The molecule has 1 rings (SSSR count). The van der Waals surface area contributed by atoms with E-state index >= 15 is 0 Å². The molecule has 0 saturated heterocycles. The van der Waals surface area contributed by atoms with E-state index in [9.17, 15) is 18.0 Å². The maximum atomic E-state index is 12.7. The molecular weight excluding hydrogens is 297 g/mol. The Kier molecular flexibility index (Phi) is 5.45. The standard InChI is InChI=1S/C15H21F3N2O2/c1-14(2,3)12(13(21)22-4)20-11-6-5-10(15(16,17)18)7-9(11)8-19/h5-7,12,20H,8,19H2,1-4H3/t12-/m0/s1. The van der Waals surface area contributed by atoms with Crippen LogP contribution in [-0.4, -0.2) is 19.1 Å². The summed E-state index contributed by atoms with van der Waals surface area (Å²) in [5, 5.41) is 2.95. The van der Waals surface area contributed by atoms with Gasteiger partial charge >= 0.3 is 12.1 Å². The molecule has 4 nitrogen and oxygen atoms in total. The number of hydrogen-bond acceptors (Lipinski definition) is 4. The van der Waals surface area contributed by atoms with Gasteiger partial charge < -0.3 is 15.8 Å². The number of carbonyl (C=O) groups excluding carboxylic acids is 1. The largest absolute Gasteiger partial charge is 0.467 e. The highest BCUT2D eigenvalue weighted by atomic mass is 19.4. The number of nitrogens with two attached hydrogens (primary N) is 1. The van der Waals surface area contributed by atoms with Crippen LogP contribution in [0.1, 0.15) is 31.9 Å². The van der Waals surface area contributed by atoms with Crippen molar-refractivity contribution in [3.63, 3.8) is 0 Å². The molecule has 0 spiro atoms. The highest BCUT2D eigenvalue weighted by Crippen LogP contribution is 2.33. The number of alkyl halides is 3. The van der Waals surface area contributed by atoms with Gasteiger partial charge in [-0.1, -0.05) is 20.8 Å². The zero-order valence-electron chi connectivity index (χ0n) is 13.0. The zero-order chi connectivity index (χ0) is 17.1. The lowest BCUT2D eigenvalue weighted by atomic mass is 9.86. The summed E-state index contributed by atoms with van der Waals surface area (Å²) >= 11 is 0. The van der Waals surface area contributed by atoms with Gasteiger partial charge in [-0.15, -0.1) is 0 Å². The molecule has 0 unspecified atom stereocenters. The predicted octanol–water partition coefficient (Wildman–Crippen LogP) is 3.16. The summed E-state index contributed by atoms with van der Waals surface area (Å²) in [5.41, 5.74) is 4.95. The van der Waals surface area contributed by atoms with Crippen LogP contribution in [0.4, 0.5) is 18.9 Å². The number of carbonyl (C=O) groups is 1. The Balaban J connectivity index is 3.18. The minimum absolute atomic E-state index is 0.0791. The highest BCUT2D eigenvalue weighted by molar-refractivity contribution is 5.80. The topological polar surface area (TPSA) is 64.3 Å². The number of hydrogen-bond donors (Lipinski definition) is 2. The summed E-state index contributed by atoms with van der Waals surface area (Å²) in [5.74, 6) is -0.490. The first kappa shape index (κ1) is 18.3. The Morgan fingerprint density at radius 2 is 1.91 bits per heavy atom. The number of esters is 1. The van der Waals surface area contributed by atoms with Gasteiger partial charge in [-0.05, 0) is 29.2 Å². The van der Waals surface area contributed by atoms with E-state index in [0.717, 1.165) is 12.1 Å². The third kappa shape index (κ3) is 4.37. The van der Waals surface area contributed by atoms with Gasteiger partial charge in [0.2, 0.25) is 0 Å². The Morgan fingerprint density at radius 3 is 2.32 bits per heavy atom. The second-order valence-corrected chi connectivity index (χ2v) is 6.04.